The van der Waals surface area contributed by atoms with Gasteiger partial charge in [0.25, 0.3) is 0 Å². The van der Waals surface area contributed by atoms with Crippen LogP contribution in [0.25, 0.3) is 0 Å². The van der Waals surface area contributed by atoms with Gasteiger partial charge in [-0.3, -0.25) is 4.79 Å². The van der Waals surface area contributed by atoms with Gasteiger partial charge in [0.2, 0.25) is 5.91 Å². The van der Waals surface area contributed by atoms with Crippen molar-refractivity contribution in [3.05, 3.63) is 0 Å². The van der Waals surface area contributed by atoms with Crippen molar-refractivity contribution >= 4 is 11.9 Å². The molecule has 0 bridgehead atoms. The van der Waals surface area contributed by atoms with E-state index in [1.807, 2.05) is 18.7 Å². The van der Waals surface area contributed by atoms with Gasteiger partial charge in [0, 0.05) is 19.1 Å². The molecule has 0 spiro atoms. The van der Waals surface area contributed by atoms with Gasteiger partial charge in [-0.1, -0.05) is 12.8 Å². The summed E-state index contributed by atoms with van der Waals surface area (Å²) in [6, 6.07) is -0.0565. The Balaban J connectivity index is 2.65. The standard InChI is InChI=1S/C12H23N3O2/c1-10(2)15(9-11(13)16)12(17)14-7-5-3-4-6-8-14/h10H,3-9H2,1-2H3,(H2,13,16). The molecule has 0 radical (unpaired) electrons. The van der Waals surface area contributed by atoms with Gasteiger partial charge in [-0.25, -0.2) is 4.79 Å². The van der Waals surface area contributed by atoms with Crippen LogP contribution in [0.2, 0.25) is 0 Å². The number of nitrogens with zero attached hydrogens (tertiary/aromatic N) is 2. The molecule has 17 heavy (non-hydrogen) atoms. The van der Waals surface area contributed by atoms with Crippen LogP contribution < -0.4 is 5.73 Å². The summed E-state index contributed by atoms with van der Waals surface area (Å²) in [6.07, 6.45) is 4.46. The molecule has 1 heterocycles. The second kappa shape index (κ2) is 6.47. The Morgan fingerprint density at radius 2 is 1.71 bits per heavy atom. The summed E-state index contributed by atoms with van der Waals surface area (Å²) in [5.74, 6) is -0.457. The molecule has 0 aromatic carbocycles. The fraction of sp³-hybridized carbons (Fsp3) is 0.833. The highest BCUT2D eigenvalue weighted by Crippen LogP contribution is 2.13. The second-order valence-electron chi connectivity index (χ2n) is 4.87. The summed E-state index contributed by atoms with van der Waals surface area (Å²) in [7, 11) is 0. The number of amides is 3. The largest absolute Gasteiger partial charge is 0.368 e. The number of primary amides is 1. The van der Waals surface area contributed by atoms with Gasteiger partial charge in [0.15, 0.2) is 0 Å². The Kier molecular flexibility index (Phi) is 5.25. The van der Waals surface area contributed by atoms with E-state index >= 15 is 0 Å². The maximum absolute atomic E-state index is 12.3. The Morgan fingerprint density at radius 3 is 2.12 bits per heavy atom. The first-order chi connectivity index (χ1) is 8.02. The lowest BCUT2D eigenvalue weighted by Crippen LogP contribution is -2.49. The van der Waals surface area contributed by atoms with Gasteiger partial charge in [-0.2, -0.15) is 0 Å². The van der Waals surface area contributed by atoms with Crippen LogP contribution in [0.15, 0.2) is 0 Å². The number of hydrogen-bond donors (Lipinski definition) is 1. The van der Waals surface area contributed by atoms with Crippen LogP contribution in [0, 0.1) is 0 Å². The number of urea groups is 1. The maximum atomic E-state index is 12.3. The lowest BCUT2D eigenvalue weighted by Gasteiger charge is -2.31. The molecule has 2 N–H and O–H groups in total. The minimum atomic E-state index is -0.457. The third kappa shape index (κ3) is 4.24. The van der Waals surface area contributed by atoms with E-state index in [1.165, 1.54) is 12.8 Å². The summed E-state index contributed by atoms with van der Waals surface area (Å²) in [4.78, 5) is 26.6. The zero-order chi connectivity index (χ0) is 12.8. The lowest BCUT2D eigenvalue weighted by molar-refractivity contribution is -0.119. The first-order valence-corrected chi connectivity index (χ1v) is 6.36. The number of carbonyl (C=O) groups is 2. The van der Waals surface area contributed by atoms with Crippen LogP contribution in [0.1, 0.15) is 39.5 Å². The van der Waals surface area contributed by atoms with Crippen LogP contribution in [-0.4, -0.2) is 47.4 Å². The molecule has 98 valence electrons. The van der Waals surface area contributed by atoms with Gasteiger partial charge in [0.05, 0.1) is 0 Å². The van der Waals surface area contributed by atoms with Crippen LogP contribution in [0.5, 0.6) is 0 Å². The van der Waals surface area contributed by atoms with Gasteiger partial charge < -0.3 is 15.5 Å². The number of carbonyl (C=O) groups excluding carboxylic acids is 2. The second-order valence-corrected chi connectivity index (χ2v) is 4.87. The number of hydrogen-bond acceptors (Lipinski definition) is 2. The molecule has 1 fully saturated rings. The highest BCUT2D eigenvalue weighted by Gasteiger charge is 2.24. The predicted octanol–water partition coefficient (Wildman–Crippen LogP) is 1.18. The van der Waals surface area contributed by atoms with Crippen molar-refractivity contribution in [3.63, 3.8) is 0 Å². The van der Waals surface area contributed by atoms with E-state index in [-0.39, 0.29) is 18.6 Å². The summed E-state index contributed by atoms with van der Waals surface area (Å²) in [5.41, 5.74) is 5.18. The minimum absolute atomic E-state index is 0.00162. The lowest BCUT2D eigenvalue weighted by atomic mass is 10.2. The molecule has 0 unspecified atom stereocenters. The fourth-order valence-corrected chi connectivity index (χ4v) is 2.08. The molecule has 0 aliphatic carbocycles. The molecular weight excluding hydrogens is 218 g/mol. The molecule has 0 saturated carbocycles. The van der Waals surface area contributed by atoms with Gasteiger partial charge >= 0.3 is 6.03 Å². The maximum Gasteiger partial charge on any atom is 0.320 e. The summed E-state index contributed by atoms with van der Waals surface area (Å²) < 4.78 is 0. The molecule has 5 heteroatoms. The van der Waals surface area contributed by atoms with E-state index in [9.17, 15) is 9.59 Å². The normalized spacial score (nSPS) is 16.8. The average molecular weight is 241 g/mol. The van der Waals surface area contributed by atoms with E-state index in [1.54, 1.807) is 4.90 Å². The van der Waals surface area contributed by atoms with E-state index in [2.05, 4.69) is 0 Å². The van der Waals surface area contributed by atoms with E-state index in [0.29, 0.717) is 0 Å². The Morgan fingerprint density at radius 1 is 1.18 bits per heavy atom. The zero-order valence-electron chi connectivity index (χ0n) is 10.8. The highest BCUT2D eigenvalue weighted by molar-refractivity contribution is 5.83. The molecule has 1 saturated heterocycles. The molecule has 0 aromatic heterocycles. The molecule has 5 nitrogen and oxygen atoms in total. The van der Waals surface area contributed by atoms with Crippen molar-refractivity contribution < 1.29 is 9.59 Å². The summed E-state index contributed by atoms with van der Waals surface area (Å²) in [6.45, 7) is 5.39. The van der Waals surface area contributed by atoms with Crippen molar-refractivity contribution in [1.29, 1.82) is 0 Å². The monoisotopic (exact) mass is 241 g/mol. The zero-order valence-corrected chi connectivity index (χ0v) is 10.8. The van der Waals surface area contributed by atoms with Crippen molar-refractivity contribution in [2.75, 3.05) is 19.6 Å². The van der Waals surface area contributed by atoms with E-state index in [4.69, 9.17) is 5.73 Å². The quantitative estimate of drug-likeness (QED) is 0.806. The summed E-state index contributed by atoms with van der Waals surface area (Å²) >= 11 is 0. The Bertz CT molecular complexity index is 271. The van der Waals surface area contributed by atoms with Crippen molar-refractivity contribution in [3.8, 4) is 0 Å². The average Bonchev–Trinajstić information content (AvgIpc) is 2.52. The van der Waals surface area contributed by atoms with E-state index in [0.717, 1.165) is 25.9 Å². The SMILES string of the molecule is CC(C)N(CC(N)=O)C(=O)N1CCCCCC1. The molecule has 0 atom stereocenters. The van der Waals surface area contributed by atoms with Crippen molar-refractivity contribution in [1.82, 2.24) is 9.80 Å². The van der Waals surface area contributed by atoms with Gasteiger partial charge in [0.1, 0.15) is 6.54 Å². The first-order valence-electron chi connectivity index (χ1n) is 6.36. The fourth-order valence-electron chi connectivity index (χ4n) is 2.08. The number of nitrogens with two attached hydrogens (primary N) is 1. The number of likely N-dealkylation sites (tertiary alicyclic amines) is 1. The van der Waals surface area contributed by atoms with Gasteiger partial charge in [-0.15, -0.1) is 0 Å². The third-order valence-electron chi connectivity index (χ3n) is 3.07. The minimum Gasteiger partial charge on any atom is -0.368 e. The van der Waals surface area contributed by atoms with Crippen molar-refractivity contribution in [2.24, 2.45) is 5.73 Å². The number of rotatable bonds is 3. The third-order valence-corrected chi connectivity index (χ3v) is 3.07. The predicted molar refractivity (Wildman–Crippen MR) is 66.5 cm³/mol. The van der Waals surface area contributed by atoms with Gasteiger partial charge in [-0.05, 0) is 26.7 Å². The van der Waals surface area contributed by atoms with Crippen LogP contribution in [0.4, 0.5) is 4.79 Å². The molecule has 1 aliphatic heterocycles. The highest BCUT2D eigenvalue weighted by atomic mass is 16.2. The molecular formula is C12H23N3O2. The van der Waals surface area contributed by atoms with E-state index < -0.39 is 5.91 Å². The van der Waals surface area contributed by atoms with Crippen LogP contribution in [0.3, 0.4) is 0 Å². The Hall–Kier alpha value is -1.26. The van der Waals surface area contributed by atoms with Crippen LogP contribution >= 0.6 is 0 Å². The van der Waals surface area contributed by atoms with Crippen LogP contribution in [-0.2, 0) is 4.79 Å². The molecule has 0 aromatic rings. The summed E-state index contributed by atoms with van der Waals surface area (Å²) in [5, 5.41) is 0. The molecule has 1 aliphatic rings. The molecule has 1 rings (SSSR count). The smallest absolute Gasteiger partial charge is 0.320 e. The first kappa shape index (κ1) is 13.8. The topological polar surface area (TPSA) is 66.6 Å². The molecule has 3 amide bonds. The Labute approximate surface area is 103 Å². The van der Waals surface area contributed by atoms with Crippen molar-refractivity contribution in [2.45, 2.75) is 45.6 Å².